The summed E-state index contributed by atoms with van der Waals surface area (Å²) in [5.74, 6) is 0.378. The second kappa shape index (κ2) is 5.47. The first-order valence-electron chi connectivity index (χ1n) is 5.56. The summed E-state index contributed by atoms with van der Waals surface area (Å²) in [6, 6.07) is 0. The van der Waals surface area contributed by atoms with Crippen molar-refractivity contribution in [2.45, 2.75) is 20.0 Å². The molecule has 15 heavy (non-hydrogen) atoms. The molecule has 1 heterocycles. The van der Waals surface area contributed by atoms with Crippen LogP contribution >= 0.6 is 0 Å². The molecule has 0 saturated carbocycles. The second-order valence-electron chi connectivity index (χ2n) is 4.53. The van der Waals surface area contributed by atoms with Gasteiger partial charge in [0.1, 0.15) is 6.10 Å². The predicted octanol–water partition coefficient (Wildman–Crippen LogP) is 0.431. The normalized spacial score (nSPS) is 20.7. The van der Waals surface area contributed by atoms with Gasteiger partial charge in [0.25, 0.3) is 5.91 Å². The minimum atomic E-state index is -0.284. The van der Waals surface area contributed by atoms with Crippen LogP contribution in [0.25, 0.3) is 0 Å². The summed E-state index contributed by atoms with van der Waals surface area (Å²) in [6.07, 6.45) is -0.284. The lowest BCUT2D eigenvalue weighted by Crippen LogP contribution is -2.51. The zero-order valence-electron chi connectivity index (χ0n) is 10.2. The summed E-state index contributed by atoms with van der Waals surface area (Å²) >= 11 is 0. The smallest absolute Gasteiger partial charge is 0.252 e. The van der Waals surface area contributed by atoms with E-state index in [9.17, 15) is 4.79 Å². The van der Waals surface area contributed by atoms with Crippen LogP contribution in [0.2, 0.25) is 0 Å². The summed E-state index contributed by atoms with van der Waals surface area (Å²) in [6.45, 7) is 7.59. The topological polar surface area (TPSA) is 32.8 Å². The molecule has 0 N–H and O–H groups in total. The van der Waals surface area contributed by atoms with Crippen LogP contribution in [0, 0.1) is 5.92 Å². The molecule has 1 fully saturated rings. The van der Waals surface area contributed by atoms with Gasteiger partial charge in [0.2, 0.25) is 0 Å². The highest BCUT2D eigenvalue weighted by Gasteiger charge is 2.28. The van der Waals surface area contributed by atoms with Crippen molar-refractivity contribution in [3.8, 4) is 0 Å². The molecular weight excluding hydrogens is 192 g/mol. The molecule has 0 aromatic rings. The van der Waals surface area contributed by atoms with Crippen molar-refractivity contribution >= 4 is 5.91 Å². The van der Waals surface area contributed by atoms with Gasteiger partial charge in [-0.15, -0.1) is 0 Å². The minimum Gasteiger partial charge on any atom is -0.371 e. The highest BCUT2D eigenvalue weighted by Crippen LogP contribution is 2.11. The summed E-state index contributed by atoms with van der Waals surface area (Å²) < 4.78 is 5.25. The molecule has 4 nitrogen and oxygen atoms in total. The first-order chi connectivity index (χ1) is 7.06. The van der Waals surface area contributed by atoms with E-state index in [0.717, 1.165) is 26.2 Å². The van der Waals surface area contributed by atoms with Gasteiger partial charge in [-0.1, -0.05) is 13.8 Å². The SMILES string of the molecule is COC(C(=O)N1CCN(C)CC1)C(C)C. The van der Waals surface area contributed by atoms with Crippen molar-refractivity contribution < 1.29 is 9.53 Å². The summed E-state index contributed by atoms with van der Waals surface area (Å²) in [7, 11) is 3.69. The molecule has 1 rings (SSSR count). The van der Waals surface area contributed by atoms with Crippen LogP contribution in [0.15, 0.2) is 0 Å². The molecule has 0 bridgehead atoms. The van der Waals surface area contributed by atoms with E-state index in [4.69, 9.17) is 4.74 Å². The van der Waals surface area contributed by atoms with Crippen LogP contribution in [0.5, 0.6) is 0 Å². The lowest BCUT2D eigenvalue weighted by atomic mass is 10.1. The van der Waals surface area contributed by atoms with Crippen molar-refractivity contribution in [1.82, 2.24) is 9.80 Å². The lowest BCUT2D eigenvalue weighted by molar-refractivity contribution is -0.146. The van der Waals surface area contributed by atoms with Gasteiger partial charge in [-0.05, 0) is 13.0 Å². The summed E-state index contributed by atoms with van der Waals surface area (Å²) in [4.78, 5) is 16.2. The summed E-state index contributed by atoms with van der Waals surface area (Å²) in [5.41, 5.74) is 0. The van der Waals surface area contributed by atoms with Crippen molar-refractivity contribution in [3.63, 3.8) is 0 Å². The molecular formula is C11H22N2O2. The lowest BCUT2D eigenvalue weighted by Gasteiger charge is -2.35. The van der Waals surface area contributed by atoms with Crippen LogP contribution in [-0.4, -0.2) is 62.1 Å². The Hall–Kier alpha value is -0.610. The van der Waals surface area contributed by atoms with Gasteiger partial charge in [0.05, 0.1) is 0 Å². The van der Waals surface area contributed by atoms with E-state index in [2.05, 4.69) is 11.9 Å². The van der Waals surface area contributed by atoms with E-state index in [1.165, 1.54) is 0 Å². The largest absolute Gasteiger partial charge is 0.371 e. The Balaban J connectivity index is 2.52. The third-order valence-corrected chi connectivity index (χ3v) is 2.92. The zero-order valence-corrected chi connectivity index (χ0v) is 10.2. The molecule has 0 aromatic carbocycles. The van der Waals surface area contributed by atoms with E-state index in [1.54, 1.807) is 7.11 Å². The van der Waals surface area contributed by atoms with E-state index in [0.29, 0.717) is 0 Å². The average molecular weight is 214 g/mol. The molecule has 1 amide bonds. The average Bonchev–Trinajstić information content (AvgIpc) is 2.19. The first kappa shape index (κ1) is 12.5. The van der Waals surface area contributed by atoms with Crippen LogP contribution in [0.1, 0.15) is 13.8 Å². The molecule has 0 aromatic heterocycles. The number of likely N-dealkylation sites (N-methyl/N-ethyl adjacent to an activating group) is 1. The fourth-order valence-corrected chi connectivity index (χ4v) is 1.86. The Kier molecular flexibility index (Phi) is 4.54. The van der Waals surface area contributed by atoms with E-state index < -0.39 is 0 Å². The maximum Gasteiger partial charge on any atom is 0.252 e. The van der Waals surface area contributed by atoms with Gasteiger partial charge in [0, 0.05) is 33.3 Å². The van der Waals surface area contributed by atoms with Crippen LogP contribution in [0.4, 0.5) is 0 Å². The number of carbonyl (C=O) groups excluding carboxylic acids is 1. The second-order valence-corrected chi connectivity index (χ2v) is 4.53. The minimum absolute atomic E-state index is 0.139. The number of nitrogens with zero attached hydrogens (tertiary/aromatic N) is 2. The predicted molar refractivity (Wildman–Crippen MR) is 59.7 cm³/mol. The Morgan fingerprint density at radius 3 is 2.13 bits per heavy atom. The quantitative estimate of drug-likeness (QED) is 0.683. The Morgan fingerprint density at radius 1 is 1.20 bits per heavy atom. The number of rotatable bonds is 3. The number of piperazine rings is 1. The number of methoxy groups -OCH3 is 1. The van der Waals surface area contributed by atoms with E-state index >= 15 is 0 Å². The summed E-state index contributed by atoms with van der Waals surface area (Å²) in [5, 5.41) is 0. The van der Waals surface area contributed by atoms with Crippen LogP contribution < -0.4 is 0 Å². The van der Waals surface area contributed by atoms with Gasteiger partial charge in [0.15, 0.2) is 0 Å². The van der Waals surface area contributed by atoms with Crippen molar-refractivity contribution in [1.29, 1.82) is 0 Å². The molecule has 88 valence electrons. The Morgan fingerprint density at radius 2 is 1.73 bits per heavy atom. The Labute approximate surface area is 92.2 Å². The first-order valence-corrected chi connectivity index (χ1v) is 5.56. The fraction of sp³-hybridized carbons (Fsp3) is 0.909. The molecule has 0 aliphatic carbocycles. The molecule has 4 heteroatoms. The molecule has 1 aliphatic rings. The standard InChI is InChI=1S/C11H22N2O2/c1-9(2)10(15-4)11(14)13-7-5-12(3)6-8-13/h9-10H,5-8H2,1-4H3. The fourth-order valence-electron chi connectivity index (χ4n) is 1.86. The number of carbonyl (C=O) groups is 1. The van der Waals surface area contributed by atoms with Crippen molar-refractivity contribution in [3.05, 3.63) is 0 Å². The number of hydrogen-bond acceptors (Lipinski definition) is 3. The number of hydrogen-bond donors (Lipinski definition) is 0. The van der Waals surface area contributed by atoms with Crippen LogP contribution in [-0.2, 0) is 9.53 Å². The van der Waals surface area contributed by atoms with Gasteiger partial charge in [-0.3, -0.25) is 4.79 Å². The van der Waals surface area contributed by atoms with E-state index in [-0.39, 0.29) is 17.9 Å². The zero-order chi connectivity index (χ0) is 11.4. The molecule has 0 radical (unpaired) electrons. The highest BCUT2D eigenvalue weighted by molar-refractivity contribution is 5.81. The van der Waals surface area contributed by atoms with Gasteiger partial charge in [-0.25, -0.2) is 0 Å². The Bertz CT molecular complexity index is 211. The van der Waals surface area contributed by atoms with Gasteiger partial charge < -0.3 is 14.5 Å². The van der Waals surface area contributed by atoms with E-state index in [1.807, 2.05) is 18.7 Å². The maximum absolute atomic E-state index is 12.1. The number of ether oxygens (including phenoxy) is 1. The third kappa shape index (κ3) is 3.18. The monoisotopic (exact) mass is 214 g/mol. The maximum atomic E-state index is 12.1. The molecule has 1 unspecified atom stereocenters. The van der Waals surface area contributed by atoms with Crippen molar-refractivity contribution in [2.75, 3.05) is 40.3 Å². The van der Waals surface area contributed by atoms with Gasteiger partial charge in [-0.2, -0.15) is 0 Å². The number of amides is 1. The van der Waals surface area contributed by atoms with Gasteiger partial charge >= 0.3 is 0 Å². The van der Waals surface area contributed by atoms with Crippen molar-refractivity contribution in [2.24, 2.45) is 5.92 Å². The third-order valence-electron chi connectivity index (χ3n) is 2.92. The van der Waals surface area contributed by atoms with Crippen LogP contribution in [0.3, 0.4) is 0 Å². The molecule has 1 aliphatic heterocycles. The molecule has 0 spiro atoms. The molecule has 1 atom stereocenters. The highest BCUT2D eigenvalue weighted by atomic mass is 16.5. The molecule has 1 saturated heterocycles.